The zero-order valence-electron chi connectivity index (χ0n) is 15.9. The smallest absolute Gasteiger partial charge is 0.259 e. The van der Waals surface area contributed by atoms with Gasteiger partial charge in [0.2, 0.25) is 5.91 Å². The van der Waals surface area contributed by atoms with Crippen molar-refractivity contribution in [1.29, 1.82) is 0 Å². The SMILES string of the molecule is O=C(CNC(=O)C(c1ccccc1)c1ccccc1)NN=Cc1ccc(Cl)cc1Cl. The monoisotopic (exact) mass is 439 g/mol. The lowest BCUT2D eigenvalue weighted by Gasteiger charge is -2.17. The number of carbonyl (C=O) groups excluding carboxylic acids is 2. The normalized spacial score (nSPS) is 10.9. The molecular formula is C23H19Cl2N3O2. The minimum atomic E-state index is -0.517. The minimum absolute atomic E-state index is 0.208. The molecule has 0 heterocycles. The van der Waals surface area contributed by atoms with E-state index in [1.807, 2.05) is 60.7 Å². The Balaban J connectivity index is 1.61. The maximum atomic E-state index is 12.9. The highest BCUT2D eigenvalue weighted by atomic mass is 35.5. The van der Waals surface area contributed by atoms with Crippen LogP contribution >= 0.6 is 23.2 Å². The van der Waals surface area contributed by atoms with Gasteiger partial charge in [-0.15, -0.1) is 0 Å². The summed E-state index contributed by atoms with van der Waals surface area (Å²) in [4.78, 5) is 24.9. The fraction of sp³-hybridized carbons (Fsp3) is 0.0870. The number of carbonyl (C=O) groups is 2. The summed E-state index contributed by atoms with van der Waals surface area (Å²) in [5, 5.41) is 7.47. The molecule has 0 fully saturated rings. The van der Waals surface area contributed by atoms with Crippen molar-refractivity contribution in [1.82, 2.24) is 10.7 Å². The Bertz CT molecular complexity index is 1000. The highest BCUT2D eigenvalue weighted by molar-refractivity contribution is 6.36. The Morgan fingerprint density at radius 1 is 0.900 bits per heavy atom. The van der Waals surface area contributed by atoms with E-state index in [-0.39, 0.29) is 12.5 Å². The summed E-state index contributed by atoms with van der Waals surface area (Å²) in [5.74, 6) is -1.24. The zero-order valence-corrected chi connectivity index (χ0v) is 17.4. The lowest BCUT2D eigenvalue weighted by Crippen LogP contribution is -2.37. The number of benzene rings is 3. The second-order valence-corrected chi connectivity index (χ2v) is 7.27. The van der Waals surface area contributed by atoms with Gasteiger partial charge in [-0.25, -0.2) is 5.43 Å². The maximum Gasteiger partial charge on any atom is 0.259 e. The van der Waals surface area contributed by atoms with E-state index in [0.29, 0.717) is 15.6 Å². The molecule has 0 spiro atoms. The molecule has 3 aromatic carbocycles. The number of nitrogens with zero attached hydrogens (tertiary/aromatic N) is 1. The first-order valence-corrected chi connectivity index (χ1v) is 9.95. The molecule has 0 saturated heterocycles. The largest absolute Gasteiger partial charge is 0.346 e. The number of nitrogens with one attached hydrogen (secondary N) is 2. The summed E-state index contributed by atoms with van der Waals surface area (Å²) in [5.41, 5.74) is 4.67. The van der Waals surface area contributed by atoms with Gasteiger partial charge in [0.15, 0.2) is 0 Å². The lowest BCUT2D eigenvalue weighted by molar-refractivity contribution is -0.126. The third-order valence-electron chi connectivity index (χ3n) is 4.31. The predicted octanol–water partition coefficient (Wildman–Crippen LogP) is 4.39. The molecule has 5 nitrogen and oxygen atoms in total. The minimum Gasteiger partial charge on any atom is -0.346 e. The van der Waals surface area contributed by atoms with Gasteiger partial charge in [-0.2, -0.15) is 5.10 Å². The second kappa shape index (κ2) is 10.6. The van der Waals surface area contributed by atoms with Crippen LogP contribution in [0.2, 0.25) is 10.0 Å². The number of hydrazone groups is 1. The highest BCUT2D eigenvalue weighted by Gasteiger charge is 2.22. The van der Waals surface area contributed by atoms with E-state index in [2.05, 4.69) is 15.8 Å². The molecule has 2 N–H and O–H groups in total. The van der Waals surface area contributed by atoms with Crippen molar-refractivity contribution in [3.8, 4) is 0 Å². The average molecular weight is 440 g/mol. The molecule has 0 aliphatic heterocycles. The molecule has 3 aromatic rings. The van der Waals surface area contributed by atoms with Crippen LogP contribution in [-0.4, -0.2) is 24.6 Å². The van der Waals surface area contributed by atoms with Crippen molar-refractivity contribution in [2.24, 2.45) is 5.10 Å². The highest BCUT2D eigenvalue weighted by Crippen LogP contribution is 2.24. The van der Waals surface area contributed by atoms with Crippen LogP contribution in [0.3, 0.4) is 0 Å². The first kappa shape index (κ1) is 21.6. The maximum absolute atomic E-state index is 12.9. The molecule has 0 unspecified atom stereocenters. The van der Waals surface area contributed by atoms with E-state index < -0.39 is 11.8 Å². The van der Waals surface area contributed by atoms with Crippen molar-refractivity contribution in [3.63, 3.8) is 0 Å². The molecule has 2 amide bonds. The zero-order chi connectivity index (χ0) is 21.3. The third kappa shape index (κ3) is 5.92. The Morgan fingerprint density at radius 3 is 2.07 bits per heavy atom. The summed E-state index contributed by atoms with van der Waals surface area (Å²) in [6.45, 7) is -0.208. The molecule has 0 aliphatic rings. The molecule has 0 atom stereocenters. The van der Waals surface area contributed by atoms with Gasteiger partial charge in [0, 0.05) is 10.6 Å². The van der Waals surface area contributed by atoms with E-state index in [9.17, 15) is 9.59 Å². The molecule has 0 radical (unpaired) electrons. The summed E-state index contributed by atoms with van der Waals surface area (Å²) >= 11 is 11.9. The number of rotatable bonds is 7. The summed E-state index contributed by atoms with van der Waals surface area (Å²) in [6, 6.07) is 23.8. The van der Waals surface area contributed by atoms with Crippen molar-refractivity contribution in [2.75, 3.05) is 6.54 Å². The molecule has 7 heteroatoms. The van der Waals surface area contributed by atoms with Crippen LogP contribution in [-0.2, 0) is 9.59 Å². The van der Waals surface area contributed by atoms with Crippen LogP contribution in [0.15, 0.2) is 84.0 Å². The van der Waals surface area contributed by atoms with E-state index in [0.717, 1.165) is 11.1 Å². The van der Waals surface area contributed by atoms with Gasteiger partial charge in [0.05, 0.1) is 23.7 Å². The van der Waals surface area contributed by atoms with Gasteiger partial charge >= 0.3 is 0 Å². The predicted molar refractivity (Wildman–Crippen MR) is 120 cm³/mol. The number of hydrogen-bond acceptors (Lipinski definition) is 3. The number of amides is 2. The quantitative estimate of drug-likeness (QED) is 0.423. The first-order valence-electron chi connectivity index (χ1n) is 9.19. The molecule has 0 aromatic heterocycles. The molecule has 0 aliphatic carbocycles. The van der Waals surface area contributed by atoms with Gasteiger partial charge < -0.3 is 5.32 Å². The first-order chi connectivity index (χ1) is 14.5. The van der Waals surface area contributed by atoms with E-state index in [4.69, 9.17) is 23.2 Å². The van der Waals surface area contributed by atoms with Gasteiger partial charge in [0.25, 0.3) is 5.91 Å². The van der Waals surface area contributed by atoms with Crippen LogP contribution < -0.4 is 10.7 Å². The van der Waals surface area contributed by atoms with Gasteiger partial charge in [-0.1, -0.05) is 89.9 Å². The Labute approximate surface area is 184 Å². The summed E-state index contributed by atoms with van der Waals surface area (Å²) < 4.78 is 0. The Hall–Kier alpha value is -3.15. The van der Waals surface area contributed by atoms with E-state index >= 15 is 0 Å². The molecule has 0 bridgehead atoms. The molecule has 0 saturated carbocycles. The third-order valence-corrected chi connectivity index (χ3v) is 4.87. The fourth-order valence-corrected chi connectivity index (χ4v) is 3.33. The Kier molecular flexibility index (Phi) is 7.60. The van der Waals surface area contributed by atoms with Gasteiger partial charge in [-0.05, 0) is 23.3 Å². The fourth-order valence-electron chi connectivity index (χ4n) is 2.88. The van der Waals surface area contributed by atoms with Crippen LogP contribution in [0, 0.1) is 0 Å². The van der Waals surface area contributed by atoms with Gasteiger partial charge in [0.1, 0.15) is 0 Å². The van der Waals surface area contributed by atoms with Gasteiger partial charge in [-0.3, -0.25) is 9.59 Å². The Morgan fingerprint density at radius 2 is 1.50 bits per heavy atom. The van der Waals surface area contributed by atoms with Crippen LogP contribution in [0.1, 0.15) is 22.6 Å². The number of hydrogen-bond donors (Lipinski definition) is 2. The molecular weight excluding hydrogens is 421 g/mol. The van der Waals surface area contributed by atoms with Crippen molar-refractivity contribution in [2.45, 2.75) is 5.92 Å². The van der Waals surface area contributed by atoms with Crippen LogP contribution in [0.25, 0.3) is 0 Å². The average Bonchev–Trinajstić information content (AvgIpc) is 2.75. The standard InChI is InChI=1S/C23H19Cl2N3O2/c24-19-12-11-18(20(25)13-19)14-27-28-21(29)15-26-23(30)22(16-7-3-1-4-8-16)17-9-5-2-6-10-17/h1-14,22H,15H2,(H,26,30)(H,28,29). The second-order valence-electron chi connectivity index (χ2n) is 6.43. The summed E-state index contributed by atoms with van der Waals surface area (Å²) in [6.07, 6.45) is 1.41. The van der Waals surface area contributed by atoms with E-state index in [1.165, 1.54) is 6.21 Å². The van der Waals surface area contributed by atoms with E-state index in [1.54, 1.807) is 18.2 Å². The summed E-state index contributed by atoms with van der Waals surface area (Å²) in [7, 11) is 0. The number of halogens is 2. The molecule has 30 heavy (non-hydrogen) atoms. The van der Waals surface area contributed by atoms with Crippen LogP contribution in [0.4, 0.5) is 0 Å². The van der Waals surface area contributed by atoms with Crippen molar-refractivity contribution in [3.05, 3.63) is 106 Å². The molecule has 3 rings (SSSR count). The lowest BCUT2D eigenvalue weighted by atomic mass is 9.90. The van der Waals surface area contributed by atoms with Crippen molar-refractivity contribution < 1.29 is 9.59 Å². The molecule has 152 valence electrons. The topological polar surface area (TPSA) is 70.6 Å². The van der Waals surface area contributed by atoms with Crippen molar-refractivity contribution >= 4 is 41.2 Å². The van der Waals surface area contributed by atoms with Crippen LogP contribution in [0.5, 0.6) is 0 Å².